The Balaban J connectivity index is 1.83. The Morgan fingerprint density at radius 1 is 1.14 bits per heavy atom. The highest BCUT2D eigenvalue weighted by molar-refractivity contribution is 6.07. The van der Waals surface area contributed by atoms with Crippen LogP contribution in [0.3, 0.4) is 0 Å². The summed E-state index contributed by atoms with van der Waals surface area (Å²) in [6, 6.07) is 12.3. The van der Waals surface area contributed by atoms with E-state index in [-0.39, 0.29) is 17.5 Å². The fraction of sp³-hybridized carbons (Fsp3) is 0.100. The van der Waals surface area contributed by atoms with Crippen LogP contribution in [-0.4, -0.2) is 33.1 Å². The third-order valence-corrected chi connectivity index (χ3v) is 3.87. The molecule has 2 N–H and O–H groups in total. The number of para-hydroxylation sites is 1. The number of carbonyl (C=O) groups is 2. The number of nitrogens with zero attached hydrogens (tertiary/aromatic N) is 3. The van der Waals surface area contributed by atoms with E-state index in [0.29, 0.717) is 29.3 Å². The number of aryl methyl sites for hydroxylation is 1. The molecular formula is C20H18FN5O2. The summed E-state index contributed by atoms with van der Waals surface area (Å²) in [5.74, 6) is -0.868. The van der Waals surface area contributed by atoms with Crippen molar-refractivity contribution in [2.24, 2.45) is 0 Å². The monoisotopic (exact) mass is 379 g/mol. The third-order valence-electron chi connectivity index (χ3n) is 3.87. The molecule has 0 aliphatic heterocycles. The average Bonchev–Trinajstić information content (AvgIpc) is 3.09. The topological polar surface area (TPSA) is 88.9 Å². The molecule has 7 nitrogen and oxygen atoms in total. The second-order valence-electron chi connectivity index (χ2n) is 5.87. The van der Waals surface area contributed by atoms with Gasteiger partial charge >= 0.3 is 0 Å². The van der Waals surface area contributed by atoms with Crippen molar-refractivity contribution in [3.8, 4) is 5.69 Å². The maximum atomic E-state index is 13.1. The third kappa shape index (κ3) is 4.12. The van der Waals surface area contributed by atoms with Crippen molar-refractivity contribution in [3.05, 3.63) is 84.2 Å². The molecule has 0 unspecified atom stereocenters. The first-order valence-corrected chi connectivity index (χ1v) is 8.48. The molecule has 8 heteroatoms. The molecule has 0 bridgehead atoms. The lowest BCUT2D eigenvalue weighted by molar-refractivity contribution is 0.0959. The lowest BCUT2D eigenvalue weighted by Gasteiger charge is -2.09. The molecule has 0 aliphatic carbocycles. The number of benzene rings is 2. The summed E-state index contributed by atoms with van der Waals surface area (Å²) >= 11 is 0. The van der Waals surface area contributed by atoms with Crippen LogP contribution in [0, 0.1) is 12.7 Å². The number of hydrogen-bond donors (Lipinski definition) is 2. The summed E-state index contributed by atoms with van der Waals surface area (Å²) in [4.78, 5) is 29.0. The Bertz CT molecular complexity index is 1030. The fourth-order valence-electron chi connectivity index (χ4n) is 2.54. The molecule has 0 atom stereocenters. The Labute approximate surface area is 160 Å². The molecule has 2 amide bonds. The zero-order chi connectivity index (χ0) is 20.1. The molecule has 2 aromatic carbocycles. The van der Waals surface area contributed by atoms with E-state index >= 15 is 0 Å². The number of anilines is 1. The van der Waals surface area contributed by atoms with Crippen molar-refractivity contribution in [1.82, 2.24) is 20.1 Å². The minimum atomic E-state index is -0.562. The molecule has 3 rings (SSSR count). The van der Waals surface area contributed by atoms with E-state index in [4.69, 9.17) is 0 Å². The minimum absolute atomic E-state index is 0.0665. The van der Waals surface area contributed by atoms with Crippen LogP contribution in [0.5, 0.6) is 0 Å². The van der Waals surface area contributed by atoms with Gasteiger partial charge in [0.15, 0.2) is 0 Å². The highest BCUT2D eigenvalue weighted by Crippen LogP contribution is 2.16. The number of hydrogen-bond acceptors (Lipinski definition) is 4. The Kier molecular flexibility index (Phi) is 5.59. The van der Waals surface area contributed by atoms with Gasteiger partial charge in [0.25, 0.3) is 11.8 Å². The predicted molar refractivity (Wildman–Crippen MR) is 103 cm³/mol. The number of halogens is 1. The standard InChI is InChI=1S/C20H18FN5O2/c1-3-12-22-19(27)16-6-4-5-7-17(16)24-20(28)18-23-13(2)26(25-18)15-10-8-14(21)9-11-15/h3-11H,1,12H2,2H3,(H,22,27)(H,24,28). The molecule has 28 heavy (non-hydrogen) atoms. The second kappa shape index (κ2) is 8.26. The van der Waals surface area contributed by atoms with Crippen molar-refractivity contribution in [2.75, 3.05) is 11.9 Å². The van der Waals surface area contributed by atoms with Crippen LogP contribution in [0.2, 0.25) is 0 Å². The van der Waals surface area contributed by atoms with Crippen LogP contribution in [0.25, 0.3) is 5.69 Å². The number of rotatable bonds is 6. The summed E-state index contributed by atoms with van der Waals surface area (Å²) in [5.41, 5.74) is 1.23. The molecule has 0 spiro atoms. The van der Waals surface area contributed by atoms with Crippen LogP contribution in [-0.2, 0) is 0 Å². The van der Waals surface area contributed by atoms with Gasteiger partial charge in [-0.05, 0) is 43.3 Å². The maximum absolute atomic E-state index is 13.1. The summed E-state index contributed by atoms with van der Waals surface area (Å²) in [6.07, 6.45) is 1.56. The van der Waals surface area contributed by atoms with Crippen molar-refractivity contribution < 1.29 is 14.0 Å². The molecule has 142 valence electrons. The van der Waals surface area contributed by atoms with Gasteiger partial charge in [-0.25, -0.2) is 14.1 Å². The van der Waals surface area contributed by atoms with Crippen LogP contribution < -0.4 is 10.6 Å². The molecule has 1 aromatic heterocycles. The largest absolute Gasteiger partial charge is 0.349 e. The first-order chi connectivity index (χ1) is 13.5. The summed E-state index contributed by atoms with van der Waals surface area (Å²) in [6.45, 7) is 5.55. The van der Waals surface area contributed by atoms with Crippen molar-refractivity contribution in [2.45, 2.75) is 6.92 Å². The number of carbonyl (C=O) groups excluding carboxylic acids is 2. The summed E-state index contributed by atoms with van der Waals surface area (Å²) in [5, 5.41) is 9.52. The van der Waals surface area contributed by atoms with Gasteiger partial charge in [0.1, 0.15) is 11.6 Å². The Hall–Kier alpha value is -3.81. The van der Waals surface area contributed by atoms with E-state index < -0.39 is 5.91 Å². The van der Waals surface area contributed by atoms with E-state index in [1.165, 1.54) is 28.9 Å². The lowest BCUT2D eigenvalue weighted by Crippen LogP contribution is -2.25. The molecule has 0 radical (unpaired) electrons. The fourth-order valence-corrected chi connectivity index (χ4v) is 2.54. The van der Waals surface area contributed by atoms with E-state index in [0.717, 1.165) is 0 Å². The van der Waals surface area contributed by atoms with E-state index in [1.54, 1.807) is 37.3 Å². The molecular weight excluding hydrogens is 361 g/mol. The molecule has 0 saturated heterocycles. The average molecular weight is 379 g/mol. The molecule has 1 heterocycles. The smallest absolute Gasteiger partial charge is 0.295 e. The predicted octanol–water partition coefficient (Wildman–Crippen LogP) is 2.88. The lowest BCUT2D eigenvalue weighted by atomic mass is 10.1. The van der Waals surface area contributed by atoms with Crippen LogP contribution in [0.1, 0.15) is 26.8 Å². The van der Waals surface area contributed by atoms with Crippen molar-refractivity contribution >= 4 is 17.5 Å². The number of nitrogens with one attached hydrogen (secondary N) is 2. The number of aromatic nitrogens is 3. The van der Waals surface area contributed by atoms with Crippen molar-refractivity contribution in [3.63, 3.8) is 0 Å². The van der Waals surface area contributed by atoms with Gasteiger partial charge in [-0.2, -0.15) is 0 Å². The molecule has 3 aromatic rings. The van der Waals surface area contributed by atoms with Gasteiger partial charge in [0.2, 0.25) is 5.82 Å². The highest BCUT2D eigenvalue weighted by atomic mass is 19.1. The minimum Gasteiger partial charge on any atom is -0.349 e. The highest BCUT2D eigenvalue weighted by Gasteiger charge is 2.18. The van der Waals surface area contributed by atoms with Gasteiger partial charge < -0.3 is 10.6 Å². The zero-order valence-electron chi connectivity index (χ0n) is 15.1. The maximum Gasteiger partial charge on any atom is 0.295 e. The van der Waals surface area contributed by atoms with Gasteiger partial charge in [-0.1, -0.05) is 18.2 Å². The van der Waals surface area contributed by atoms with Gasteiger partial charge in [-0.3, -0.25) is 9.59 Å². The van der Waals surface area contributed by atoms with Crippen LogP contribution >= 0.6 is 0 Å². The summed E-state index contributed by atoms with van der Waals surface area (Å²) < 4.78 is 14.6. The van der Waals surface area contributed by atoms with Crippen LogP contribution in [0.4, 0.5) is 10.1 Å². The van der Waals surface area contributed by atoms with E-state index in [2.05, 4.69) is 27.3 Å². The Morgan fingerprint density at radius 2 is 1.86 bits per heavy atom. The van der Waals surface area contributed by atoms with E-state index in [1.807, 2.05) is 0 Å². The number of amides is 2. The SMILES string of the molecule is C=CCNC(=O)c1ccccc1NC(=O)c1nc(C)n(-c2ccc(F)cc2)n1. The molecule has 0 aliphatic rings. The Morgan fingerprint density at radius 3 is 2.57 bits per heavy atom. The molecule has 0 fully saturated rings. The van der Waals surface area contributed by atoms with E-state index in [9.17, 15) is 14.0 Å². The molecule has 0 saturated carbocycles. The van der Waals surface area contributed by atoms with Gasteiger partial charge in [-0.15, -0.1) is 11.7 Å². The van der Waals surface area contributed by atoms with Crippen LogP contribution in [0.15, 0.2) is 61.2 Å². The zero-order valence-corrected chi connectivity index (χ0v) is 15.1. The van der Waals surface area contributed by atoms with Crippen molar-refractivity contribution in [1.29, 1.82) is 0 Å². The first-order valence-electron chi connectivity index (χ1n) is 8.48. The summed E-state index contributed by atoms with van der Waals surface area (Å²) in [7, 11) is 0. The van der Waals surface area contributed by atoms with Gasteiger partial charge in [0, 0.05) is 6.54 Å². The normalized spacial score (nSPS) is 10.4. The quantitative estimate of drug-likeness (QED) is 0.645. The second-order valence-corrected chi connectivity index (χ2v) is 5.87. The van der Waals surface area contributed by atoms with Gasteiger partial charge in [0.05, 0.1) is 16.9 Å². The first kappa shape index (κ1) is 19.0.